The summed E-state index contributed by atoms with van der Waals surface area (Å²) >= 11 is 0. The van der Waals surface area contributed by atoms with Crippen LogP contribution in [-0.2, 0) is 5.54 Å². The largest absolute Gasteiger partial charge is 0.273 e. The highest BCUT2D eigenvalue weighted by atomic mass is 19.1. The Morgan fingerprint density at radius 2 is 1.37 bits per heavy atom. The monoisotopic (exact) mass is 542 g/mol. The van der Waals surface area contributed by atoms with E-state index in [1.165, 1.54) is 17.1 Å². The number of aryl methyl sites for hydroxylation is 1. The maximum atomic E-state index is 15.6. The smallest absolute Gasteiger partial charge is 0.261 e. The summed E-state index contributed by atoms with van der Waals surface area (Å²) in [7, 11) is 0. The van der Waals surface area contributed by atoms with E-state index >= 15 is 4.39 Å². The van der Waals surface area contributed by atoms with Crippen LogP contribution in [0.4, 0.5) is 10.1 Å². The van der Waals surface area contributed by atoms with Crippen LogP contribution < -0.4 is 0 Å². The van der Waals surface area contributed by atoms with E-state index in [0.29, 0.717) is 5.56 Å². The van der Waals surface area contributed by atoms with Crippen molar-refractivity contribution in [3.63, 3.8) is 0 Å². The Labute approximate surface area is 234 Å². The third-order valence-electron chi connectivity index (χ3n) is 7.02. The summed E-state index contributed by atoms with van der Waals surface area (Å²) in [4.78, 5) is 16.9. The molecule has 9 heteroatoms. The zero-order valence-corrected chi connectivity index (χ0v) is 21.9. The van der Waals surface area contributed by atoms with Crippen molar-refractivity contribution in [2.45, 2.75) is 12.5 Å². The van der Waals surface area contributed by atoms with Gasteiger partial charge in [-0.05, 0) is 34.9 Å². The molecule has 0 saturated heterocycles. The van der Waals surface area contributed by atoms with Crippen molar-refractivity contribution in [2.75, 3.05) is 0 Å². The normalized spacial score (nSPS) is 11.4. The number of halogens is 1. The molecular formula is C32H23FN6O2. The third kappa shape index (κ3) is 4.53. The molecule has 0 radical (unpaired) electrons. The quantitative estimate of drug-likeness (QED) is 0.128. The molecule has 0 amide bonds. The Morgan fingerprint density at radius 3 is 1.85 bits per heavy atom. The first-order chi connectivity index (χ1) is 20.0. The van der Waals surface area contributed by atoms with Crippen molar-refractivity contribution < 1.29 is 9.31 Å². The van der Waals surface area contributed by atoms with Gasteiger partial charge in [0.1, 0.15) is 5.82 Å². The van der Waals surface area contributed by atoms with Crippen LogP contribution in [0.2, 0.25) is 0 Å². The van der Waals surface area contributed by atoms with Crippen LogP contribution in [0.25, 0.3) is 22.5 Å². The van der Waals surface area contributed by atoms with Crippen LogP contribution in [-0.4, -0.2) is 30.1 Å². The highest BCUT2D eigenvalue weighted by Crippen LogP contribution is 2.41. The molecule has 6 rings (SSSR count). The SMILES string of the molecule is Cc1ccc(-c2c(F)cc([N+](=O)[O-])cc2-c2nnn(C(c3ccccc3)(c3ccccc3)c3ccccc3)n2)cn1. The summed E-state index contributed by atoms with van der Waals surface area (Å²) in [5.74, 6) is -0.744. The molecule has 200 valence electrons. The van der Waals surface area contributed by atoms with Crippen LogP contribution in [0.5, 0.6) is 0 Å². The number of nitrogens with zero attached hydrogens (tertiary/aromatic N) is 6. The minimum absolute atomic E-state index is 0.0374. The van der Waals surface area contributed by atoms with E-state index in [9.17, 15) is 10.1 Å². The van der Waals surface area contributed by atoms with Gasteiger partial charge in [0.25, 0.3) is 5.69 Å². The molecule has 0 atom stereocenters. The predicted molar refractivity (Wildman–Crippen MR) is 152 cm³/mol. The van der Waals surface area contributed by atoms with Crippen LogP contribution in [0.15, 0.2) is 121 Å². The molecular weight excluding hydrogens is 519 g/mol. The first-order valence-electron chi connectivity index (χ1n) is 12.9. The number of nitro groups is 1. The van der Waals surface area contributed by atoms with E-state index in [1.54, 1.807) is 12.1 Å². The lowest BCUT2D eigenvalue weighted by molar-refractivity contribution is -0.385. The van der Waals surface area contributed by atoms with E-state index in [1.807, 2.05) is 97.9 Å². The molecule has 0 aliphatic rings. The number of pyridine rings is 1. The number of rotatable bonds is 7. The van der Waals surface area contributed by atoms with Gasteiger partial charge < -0.3 is 0 Å². The van der Waals surface area contributed by atoms with Gasteiger partial charge >= 0.3 is 0 Å². The fraction of sp³-hybridized carbons (Fsp3) is 0.0625. The molecule has 0 N–H and O–H groups in total. The summed E-state index contributed by atoms with van der Waals surface area (Å²) in [6.45, 7) is 1.82. The average Bonchev–Trinajstić information content (AvgIpc) is 3.50. The van der Waals surface area contributed by atoms with E-state index in [2.05, 4.69) is 15.3 Å². The second-order valence-electron chi connectivity index (χ2n) is 9.51. The number of aromatic nitrogens is 5. The Bertz CT molecular complexity index is 1730. The summed E-state index contributed by atoms with van der Waals surface area (Å²) in [6, 6.07) is 34.9. The highest BCUT2D eigenvalue weighted by molar-refractivity contribution is 5.82. The molecule has 0 unspecified atom stereocenters. The highest BCUT2D eigenvalue weighted by Gasteiger charge is 2.41. The average molecular weight is 543 g/mol. The zero-order valence-electron chi connectivity index (χ0n) is 21.9. The molecule has 8 nitrogen and oxygen atoms in total. The number of tetrazole rings is 1. The number of non-ortho nitro benzene ring substituents is 1. The molecule has 0 fully saturated rings. The Hall–Kier alpha value is -5.57. The predicted octanol–water partition coefficient (Wildman–Crippen LogP) is 6.60. The molecule has 2 aromatic heterocycles. The fourth-order valence-electron chi connectivity index (χ4n) is 5.13. The van der Waals surface area contributed by atoms with E-state index in [4.69, 9.17) is 5.10 Å². The van der Waals surface area contributed by atoms with Gasteiger partial charge in [-0.2, -0.15) is 0 Å². The first-order valence-corrected chi connectivity index (χ1v) is 12.9. The lowest BCUT2D eigenvalue weighted by Gasteiger charge is -2.34. The molecule has 0 saturated carbocycles. The summed E-state index contributed by atoms with van der Waals surface area (Å²) in [5.41, 5.74) is 2.57. The van der Waals surface area contributed by atoms with Gasteiger partial charge in [-0.15, -0.1) is 15.0 Å². The van der Waals surface area contributed by atoms with Crippen LogP contribution in [0.1, 0.15) is 22.4 Å². The minimum atomic E-state index is -1.06. The van der Waals surface area contributed by atoms with E-state index in [-0.39, 0.29) is 17.0 Å². The number of hydrogen-bond acceptors (Lipinski definition) is 6. The number of nitro benzene ring substituents is 1. The van der Waals surface area contributed by atoms with Gasteiger partial charge in [-0.25, -0.2) is 4.39 Å². The van der Waals surface area contributed by atoms with Crippen molar-refractivity contribution in [3.8, 4) is 22.5 Å². The minimum Gasteiger partial charge on any atom is -0.261 e. The molecule has 6 aromatic rings. The van der Waals surface area contributed by atoms with E-state index in [0.717, 1.165) is 28.5 Å². The Balaban J connectivity index is 1.64. The standard InChI is InChI=1S/C32H23FN6O2/c1-22-17-18-23(21-34-22)30-28(19-27(38(40)41)20-29(30)33)31-35-37-39(36-31)32(24-11-5-2-6-12-24,25-13-7-3-8-14-25)26-15-9-4-10-16-26/h2-21H,1H3. The topological polar surface area (TPSA) is 99.6 Å². The lowest BCUT2D eigenvalue weighted by atomic mass is 9.77. The maximum Gasteiger partial charge on any atom is 0.273 e. The van der Waals surface area contributed by atoms with Gasteiger partial charge in [-0.3, -0.25) is 15.1 Å². The van der Waals surface area contributed by atoms with Crippen LogP contribution in [0, 0.1) is 22.9 Å². The van der Waals surface area contributed by atoms with Gasteiger partial charge in [0.2, 0.25) is 5.82 Å². The third-order valence-corrected chi connectivity index (χ3v) is 7.02. The van der Waals surface area contributed by atoms with Gasteiger partial charge in [0, 0.05) is 34.6 Å². The van der Waals surface area contributed by atoms with Crippen LogP contribution >= 0.6 is 0 Å². The second-order valence-corrected chi connectivity index (χ2v) is 9.51. The molecule has 0 aliphatic heterocycles. The molecule has 0 spiro atoms. The molecule has 2 heterocycles. The molecule has 0 aliphatic carbocycles. The van der Waals surface area contributed by atoms with Gasteiger partial charge in [0.15, 0.2) is 5.54 Å². The molecule has 0 bridgehead atoms. The molecule has 4 aromatic carbocycles. The van der Waals surface area contributed by atoms with Gasteiger partial charge in [0.05, 0.1) is 11.0 Å². The first kappa shape index (κ1) is 25.7. The van der Waals surface area contributed by atoms with Crippen LogP contribution in [0.3, 0.4) is 0 Å². The Kier molecular flexibility index (Phi) is 6.60. The van der Waals surface area contributed by atoms with Crippen molar-refractivity contribution in [3.05, 3.63) is 160 Å². The lowest BCUT2D eigenvalue weighted by Crippen LogP contribution is -2.39. The summed E-state index contributed by atoms with van der Waals surface area (Å²) in [6.07, 6.45) is 1.52. The molecule has 41 heavy (non-hydrogen) atoms. The van der Waals surface area contributed by atoms with Crippen molar-refractivity contribution >= 4 is 5.69 Å². The summed E-state index contributed by atoms with van der Waals surface area (Å²) < 4.78 is 15.6. The van der Waals surface area contributed by atoms with Crippen molar-refractivity contribution in [2.24, 2.45) is 0 Å². The maximum absolute atomic E-state index is 15.6. The second kappa shape index (κ2) is 10.5. The fourth-order valence-corrected chi connectivity index (χ4v) is 5.13. The van der Waals surface area contributed by atoms with Crippen molar-refractivity contribution in [1.82, 2.24) is 25.2 Å². The van der Waals surface area contributed by atoms with E-state index < -0.39 is 22.0 Å². The Morgan fingerprint density at radius 1 is 0.805 bits per heavy atom. The number of benzene rings is 4. The number of hydrogen-bond donors (Lipinski definition) is 0. The van der Waals surface area contributed by atoms with Crippen molar-refractivity contribution in [1.29, 1.82) is 0 Å². The zero-order chi connectivity index (χ0) is 28.4. The summed E-state index contributed by atoms with van der Waals surface area (Å²) in [5, 5.41) is 25.4. The van der Waals surface area contributed by atoms with Gasteiger partial charge in [-0.1, -0.05) is 97.1 Å².